The third kappa shape index (κ3) is 2.93. The van der Waals surface area contributed by atoms with Crippen LogP contribution in [0.1, 0.15) is 31.1 Å². The Labute approximate surface area is 120 Å². The zero-order valence-electron chi connectivity index (χ0n) is 12.0. The highest BCUT2D eigenvalue weighted by atomic mass is 16.5. The number of rotatable bonds is 3. The number of phenolic OH excluding ortho intramolecular Hbond substituents is 2. The highest BCUT2D eigenvalue weighted by Gasteiger charge is 2.31. The molecule has 0 atom stereocenters. The van der Waals surface area contributed by atoms with Crippen molar-refractivity contribution in [2.75, 3.05) is 12.4 Å². The number of anilines is 1. The topological polar surface area (TPSA) is 136 Å². The van der Waals surface area contributed by atoms with Gasteiger partial charge in [0.2, 0.25) is 17.4 Å². The van der Waals surface area contributed by atoms with Gasteiger partial charge in [-0.2, -0.15) is 0 Å². The Morgan fingerprint density at radius 2 is 1.57 bits per heavy atom. The number of carbonyl (C=O) groups excluding carboxylic acids is 1. The normalized spacial score (nSPS) is 11.0. The number of carbonyl (C=O) groups is 2. The number of amides is 1. The summed E-state index contributed by atoms with van der Waals surface area (Å²) in [7, 11) is 1.11. The number of benzene rings is 1. The standard InChI is InChI=1S/C13H17NO7/c1-13(2,3)12(20)14-6-5(11(18)19)7(15)8(16)9(17)10(6)21-4/h15-17H,1-4H3,(H,14,20)(H,18,19). The van der Waals surface area contributed by atoms with Crippen molar-refractivity contribution in [3.8, 4) is 23.0 Å². The van der Waals surface area contributed by atoms with E-state index in [1.165, 1.54) is 0 Å². The third-order valence-corrected chi connectivity index (χ3v) is 2.72. The van der Waals surface area contributed by atoms with Crippen molar-refractivity contribution in [2.45, 2.75) is 20.8 Å². The van der Waals surface area contributed by atoms with Crippen LogP contribution in [0.15, 0.2) is 0 Å². The first-order valence-corrected chi connectivity index (χ1v) is 5.92. The molecule has 8 heteroatoms. The maximum absolute atomic E-state index is 12.0. The molecule has 116 valence electrons. The van der Waals surface area contributed by atoms with Crippen LogP contribution in [0.5, 0.6) is 23.0 Å². The average Bonchev–Trinajstić information content (AvgIpc) is 2.35. The summed E-state index contributed by atoms with van der Waals surface area (Å²) in [4.78, 5) is 23.2. The van der Waals surface area contributed by atoms with E-state index in [1.807, 2.05) is 0 Å². The summed E-state index contributed by atoms with van der Waals surface area (Å²) in [5.74, 6) is -5.61. The Kier molecular flexibility index (Phi) is 4.21. The summed E-state index contributed by atoms with van der Waals surface area (Å²) in [6.07, 6.45) is 0. The van der Waals surface area contributed by atoms with Crippen molar-refractivity contribution in [3.63, 3.8) is 0 Å². The second-order valence-corrected chi connectivity index (χ2v) is 5.34. The van der Waals surface area contributed by atoms with Gasteiger partial charge in [0.1, 0.15) is 11.3 Å². The lowest BCUT2D eigenvalue weighted by atomic mass is 9.95. The molecular formula is C13H17NO7. The van der Waals surface area contributed by atoms with E-state index in [1.54, 1.807) is 20.8 Å². The third-order valence-electron chi connectivity index (χ3n) is 2.72. The van der Waals surface area contributed by atoms with E-state index in [4.69, 9.17) is 9.84 Å². The number of aromatic hydroxyl groups is 3. The van der Waals surface area contributed by atoms with Crippen molar-refractivity contribution in [2.24, 2.45) is 5.41 Å². The number of methoxy groups -OCH3 is 1. The molecule has 1 aromatic rings. The van der Waals surface area contributed by atoms with E-state index in [9.17, 15) is 24.9 Å². The van der Waals surface area contributed by atoms with Crippen molar-refractivity contribution in [3.05, 3.63) is 5.56 Å². The van der Waals surface area contributed by atoms with E-state index < -0.39 is 51.5 Å². The van der Waals surface area contributed by atoms with Crippen LogP contribution in [0, 0.1) is 5.41 Å². The largest absolute Gasteiger partial charge is 0.504 e. The van der Waals surface area contributed by atoms with Crippen molar-refractivity contribution in [1.82, 2.24) is 0 Å². The zero-order valence-corrected chi connectivity index (χ0v) is 12.0. The first kappa shape index (κ1) is 16.4. The Balaban J connectivity index is 3.62. The minimum Gasteiger partial charge on any atom is -0.504 e. The summed E-state index contributed by atoms with van der Waals surface area (Å²) >= 11 is 0. The number of hydrogen-bond acceptors (Lipinski definition) is 6. The van der Waals surface area contributed by atoms with Gasteiger partial charge in [0.05, 0.1) is 7.11 Å². The molecule has 0 radical (unpaired) electrons. The van der Waals surface area contributed by atoms with Gasteiger partial charge in [0.15, 0.2) is 11.5 Å². The minimum absolute atomic E-state index is 0.433. The molecule has 8 nitrogen and oxygen atoms in total. The molecule has 0 aliphatic carbocycles. The fourth-order valence-electron chi connectivity index (χ4n) is 1.52. The van der Waals surface area contributed by atoms with Gasteiger partial charge in [-0.25, -0.2) is 4.79 Å². The fraction of sp³-hybridized carbons (Fsp3) is 0.385. The van der Waals surface area contributed by atoms with Crippen molar-refractivity contribution < 1.29 is 34.8 Å². The quantitative estimate of drug-likeness (QED) is 0.421. The number of phenols is 3. The maximum atomic E-state index is 12.0. The Morgan fingerprint density at radius 3 is 1.95 bits per heavy atom. The molecule has 0 saturated carbocycles. The van der Waals surface area contributed by atoms with Crippen LogP contribution in [0.2, 0.25) is 0 Å². The zero-order chi connectivity index (χ0) is 16.5. The predicted molar refractivity (Wildman–Crippen MR) is 73.0 cm³/mol. The van der Waals surface area contributed by atoms with Crippen molar-refractivity contribution >= 4 is 17.6 Å². The molecule has 0 bridgehead atoms. The second-order valence-electron chi connectivity index (χ2n) is 5.34. The van der Waals surface area contributed by atoms with Gasteiger partial charge in [-0.05, 0) is 0 Å². The molecule has 5 N–H and O–H groups in total. The molecule has 1 amide bonds. The number of hydrogen-bond donors (Lipinski definition) is 5. The van der Waals surface area contributed by atoms with Gasteiger partial charge in [-0.1, -0.05) is 20.8 Å². The van der Waals surface area contributed by atoms with E-state index in [2.05, 4.69) is 5.32 Å². The molecular weight excluding hydrogens is 282 g/mol. The molecule has 0 fully saturated rings. The molecule has 21 heavy (non-hydrogen) atoms. The van der Waals surface area contributed by atoms with Crippen molar-refractivity contribution in [1.29, 1.82) is 0 Å². The van der Waals surface area contributed by atoms with Gasteiger partial charge >= 0.3 is 5.97 Å². The summed E-state index contributed by atoms with van der Waals surface area (Å²) in [5.41, 5.74) is -2.07. The lowest BCUT2D eigenvalue weighted by Gasteiger charge is -2.21. The Hall–Kier alpha value is -2.64. The first-order chi connectivity index (χ1) is 9.52. The molecule has 0 heterocycles. The first-order valence-electron chi connectivity index (χ1n) is 5.92. The number of aromatic carboxylic acids is 1. The van der Waals surface area contributed by atoms with Gasteiger partial charge in [-0.3, -0.25) is 4.79 Å². The lowest BCUT2D eigenvalue weighted by molar-refractivity contribution is -0.123. The van der Waals surface area contributed by atoms with E-state index in [-0.39, 0.29) is 0 Å². The van der Waals surface area contributed by atoms with Crippen LogP contribution >= 0.6 is 0 Å². The highest BCUT2D eigenvalue weighted by Crippen LogP contribution is 2.50. The summed E-state index contributed by atoms with van der Waals surface area (Å²) in [6, 6.07) is 0. The number of carboxylic acid groups (broad SMARTS) is 1. The van der Waals surface area contributed by atoms with Gasteiger partial charge < -0.3 is 30.5 Å². The highest BCUT2D eigenvalue weighted by molar-refractivity contribution is 6.07. The summed E-state index contributed by atoms with van der Waals surface area (Å²) < 4.78 is 4.82. The monoisotopic (exact) mass is 299 g/mol. The van der Waals surface area contributed by atoms with Gasteiger partial charge in [-0.15, -0.1) is 0 Å². The molecule has 0 aliphatic rings. The Morgan fingerprint density at radius 1 is 1.05 bits per heavy atom. The molecule has 0 saturated heterocycles. The number of nitrogens with one attached hydrogen (secondary N) is 1. The number of carboxylic acids is 1. The lowest BCUT2D eigenvalue weighted by Crippen LogP contribution is -2.28. The summed E-state index contributed by atoms with van der Waals surface area (Å²) in [5, 5.41) is 40.3. The SMILES string of the molecule is COc1c(O)c(O)c(O)c(C(=O)O)c1NC(=O)C(C)(C)C. The number of ether oxygens (including phenoxy) is 1. The molecule has 0 spiro atoms. The van der Waals surface area contributed by atoms with Crippen LogP contribution in [-0.2, 0) is 4.79 Å². The molecule has 0 aliphatic heterocycles. The van der Waals surface area contributed by atoms with E-state index in [0.29, 0.717) is 0 Å². The van der Waals surface area contributed by atoms with Crippen LogP contribution < -0.4 is 10.1 Å². The van der Waals surface area contributed by atoms with Crippen LogP contribution in [-0.4, -0.2) is 39.4 Å². The molecule has 0 unspecified atom stereocenters. The van der Waals surface area contributed by atoms with Crippen LogP contribution in [0.3, 0.4) is 0 Å². The minimum atomic E-state index is -1.61. The van der Waals surface area contributed by atoms with Gasteiger partial charge in [0.25, 0.3) is 0 Å². The van der Waals surface area contributed by atoms with E-state index in [0.717, 1.165) is 7.11 Å². The molecule has 0 aromatic heterocycles. The van der Waals surface area contributed by atoms with E-state index >= 15 is 0 Å². The molecule has 1 aromatic carbocycles. The van der Waals surface area contributed by atoms with Crippen LogP contribution in [0.25, 0.3) is 0 Å². The molecule has 1 rings (SSSR count). The maximum Gasteiger partial charge on any atom is 0.341 e. The smallest absolute Gasteiger partial charge is 0.341 e. The van der Waals surface area contributed by atoms with Crippen LogP contribution in [0.4, 0.5) is 5.69 Å². The Bertz CT molecular complexity index is 602. The second kappa shape index (κ2) is 5.39. The van der Waals surface area contributed by atoms with Gasteiger partial charge in [0, 0.05) is 5.41 Å². The predicted octanol–water partition coefficient (Wildman–Crippen LogP) is 1.49. The fourth-order valence-corrected chi connectivity index (χ4v) is 1.52. The summed E-state index contributed by atoms with van der Waals surface area (Å²) in [6.45, 7) is 4.78. The average molecular weight is 299 g/mol.